The zero-order valence-corrected chi connectivity index (χ0v) is 36.7. The molecule has 1 aliphatic heterocycles. The van der Waals surface area contributed by atoms with Crippen LogP contribution in [-0.4, -0.2) is 0 Å². The van der Waals surface area contributed by atoms with E-state index in [1.165, 1.54) is 97.4 Å². The Kier molecular flexibility index (Phi) is 8.89. The Hall–Kier alpha value is -7.65. The maximum Gasteiger partial charge on any atom is 0.0598 e. The molecule has 0 aromatic heterocycles. The Morgan fingerprint density at radius 1 is 0.354 bits per heavy atom. The third-order valence-corrected chi connectivity index (χ3v) is 17.9. The van der Waals surface area contributed by atoms with Gasteiger partial charge in [-0.15, -0.1) is 10.0 Å². The summed E-state index contributed by atoms with van der Waals surface area (Å²) in [5.41, 5.74) is 13.2. The zero-order chi connectivity index (χ0) is 42.9. The van der Waals surface area contributed by atoms with Crippen LogP contribution in [0.15, 0.2) is 256 Å². The SMILES string of the molecule is C1=c2ccc(S3(c4ccc5ccccc5c4)c4ccccc4-c4cccc(N(c5ccc(-c6ccccc6)cc5)c5ccc(-c6ccccc6)cc5-c5ccccc5)c43)cc2=CC2CC12. The van der Waals surface area contributed by atoms with Gasteiger partial charge in [-0.3, -0.25) is 0 Å². The van der Waals surface area contributed by atoms with E-state index in [0.717, 1.165) is 11.4 Å². The van der Waals surface area contributed by atoms with Crippen molar-refractivity contribution in [1.82, 2.24) is 0 Å². The molecule has 65 heavy (non-hydrogen) atoms. The smallest absolute Gasteiger partial charge is 0.0598 e. The van der Waals surface area contributed by atoms with Crippen molar-refractivity contribution in [2.45, 2.75) is 26.0 Å². The second-order valence-corrected chi connectivity index (χ2v) is 20.7. The molecule has 10 aromatic carbocycles. The van der Waals surface area contributed by atoms with Gasteiger partial charge in [0.25, 0.3) is 0 Å². The predicted molar refractivity (Wildman–Crippen MR) is 274 cm³/mol. The van der Waals surface area contributed by atoms with Gasteiger partial charge in [0.05, 0.1) is 11.4 Å². The van der Waals surface area contributed by atoms with Gasteiger partial charge in [0, 0.05) is 30.8 Å². The van der Waals surface area contributed by atoms with Crippen LogP contribution in [0.1, 0.15) is 6.42 Å². The molecule has 1 fully saturated rings. The fourth-order valence-corrected chi connectivity index (χ4v) is 15.0. The van der Waals surface area contributed by atoms with Crippen LogP contribution in [0.25, 0.3) is 67.4 Å². The van der Waals surface area contributed by atoms with Crippen molar-refractivity contribution >= 4 is 50.0 Å². The largest absolute Gasteiger partial charge is 0.309 e. The van der Waals surface area contributed by atoms with Gasteiger partial charge in [-0.2, -0.15) is 0 Å². The van der Waals surface area contributed by atoms with Crippen LogP contribution >= 0.6 is 10.0 Å². The van der Waals surface area contributed by atoms with Gasteiger partial charge in [0.2, 0.25) is 0 Å². The van der Waals surface area contributed by atoms with Gasteiger partial charge < -0.3 is 4.90 Å². The van der Waals surface area contributed by atoms with Crippen LogP contribution in [0, 0.1) is 11.8 Å². The van der Waals surface area contributed by atoms with Gasteiger partial charge in [0.1, 0.15) is 0 Å². The summed E-state index contributed by atoms with van der Waals surface area (Å²) in [5, 5.41) is 5.25. The van der Waals surface area contributed by atoms with E-state index in [0.29, 0.717) is 11.8 Å². The van der Waals surface area contributed by atoms with E-state index in [4.69, 9.17) is 0 Å². The quantitative estimate of drug-likeness (QED) is 0.147. The second-order valence-electron chi connectivity index (χ2n) is 17.7. The lowest BCUT2D eigenvalue weighted by atomic mass is 9.95. The molecule has 0 spiro atoms. The fraction of sp³-hybridized carbons (Fsp3) is 0.0476. The van der Waals surface area contributed by atoms with Crippen LogP contribution in [0.4, 0.5) is 17.1 Å². The van der Waals surface area contributed by atoms with Crippen molar-refractivity contribution in [3.8, 4) is 44.5 Å². The number of nitrogens with zero attached hydrogens (tertiary/aromatic N) is 1. The molecule has 2 heteroatoms. The highest BCUT2D eigenvalue weighted by molar-refractivity contribution is 8.34. The number of hydrogen-bond donors (Lipinski definition) is 0. The summed E-state index contributed by atoms with van der Waals surface area (Å²) >= 11 is 0. The topological polar surface area (TPSA) is 3.24 Å². The Balaban J connectivity index is 1.14. The first-order chi connectivity index (χ1) is 32.2. The van der Waals surface area contributed by atoms with E-state index < -0.39 is 10.0 Å². The van der Waals surface area contributed by atoms with E-state index in [9.17, 15) is 0 Å². The highest BCUT2D eigenvalue weighted by Crippen LogP contribution is 2.82. The number of rotatable bonds is 8. The van der Waals surface area contributed by atoms with Crippen LogP contribution in [0.5, 0.6) is 0 Å². The van der Waals surface area contributed by atoms with E-state index in [2.05, 4.69) is 254 Å². The van der Waals surface area contributed by atoms with Crippen LogP contribution in [0.2, 0.25) is 0 Å². The molecule has 0 bridgehead atoms. The molecular formula is C63H45NS. The molecule has 308 valence electrons. The number of hydrogen-bond acceptors (Lipinski definition) is 1. The lowest BCUT2D eigenvalue weighted by Crippen LogP contribution is -2.27. The zero-order valence-electron chi connectivity index (χ0n) is 35.9. The summed E-state index contributed by atoms with van der Waals surface area (Å²) in [5.74, 6) is 1.33. The first-order valence-electron chi connectivity index (χ1n) is 22.8. The molecule has 0 saturated heterocycles. The van der Waals surface area contributed by atoms with Gasteiger partial charge >= 0.3 is 0 Å². The summed E-state index contributed by atoms with van der Waals surface area (Å²) in [4.78, 5) is 8.06. The molecule has 3 unspecified atom stereocenters. The van der Waals surface area contributed by atoms with Gasteiger partial charge in [0.15, 0.2) is 0 Å². The molecule has 2 aliphatic carbocycles. The van der Waals surface area contributed by atoms with Crippen molar-refractivity contribution in [3.05, 3.63) is 247 Å². The van der Waals surface area contributed by atoms with E-state index >= 15 is 0 Å². The average Bonchev–Trinajstić information content (AvgIpc) is 4.08. The van der Waals surface area contributed by atoms with E-state index in [1.807, 2.05) is 0 Å². The van der Waals surface area contributed by atoms with E-state index in [1.54, 1.807) is 0 Å². The average molecular weight is 848 g/mol. The maximum absolute atomic E-state index is 2.58. The highest BCUT2D eigenvalue weighted by Gasteiger charge is 2.45. The van der Waals surface area contributed by atoms with Gasteiger partial charge in [-0.1, -0.05) is 188 Å². The van der Waals surface area contributed by atoms with E-state index in [-0.39, 0.29) is 0 Å². The summed E-state index contributed by atoms with van der Waals surface area (Å²) in [6, 6.07) is 88.7. The minimum atomic E-state index is -2.11. The minimum Gasteiger partial charge on any atom is -0.309 e. The Labute approximate surface area is 382 Å². The molecule has 0 amide bonds. The van der Waals surface area contributed by atoms with Gasteiger partial charge in [-0.05, 0) is 139 Å². The standard InChI is InChI=1S/C63H45NS/c1-4-15-43(16-5-1)46-27-32-54(33-28-46)64(60-36-31-50(44-17-6-2-7-18-44)42-59(60)47-20-8-3-9-21-47)61-25-14-24-58-57-23-12-13-26-62(57)65(63(58)61,55-34-29-45-19-10-11-22-48(45)40-55)56-35-30-49-37-51-38-52(51)39-53(49)41-56/h1-37,39-42,51-52H,38H2. The van der Waals surface area contributed by atoms with Crippen LogP contribution in [0.3, 0.4) is 0 Å². The normalized spacial score (nSPS) is 18.5. The lowest BCUT2D eigenvalue weighted by Gasteiger charge is -2.42. The lowest BCUT2D eigenvalue weighted by molar-refractivity contribution is 1.06. The summed E-state index contributed by atoms with van der Waals surface area (Å²) in [6.07, 6.45) is 6.34. The fourth-order valence-electron chi connectivity index (χ4n) is 10.6. The van der Waals surface area contributed by atoms with Crippen molar-refractivity contribution in [1.29, 1.82) is 0 Å². The molecule has 0 radical (unpaired) electrons. The number of benzene rings is 10. The molecule has 0 N–H and O–H groups in total. The Morgan fingerprint density at radius 3 is 1.71 bits per heavy atom. The predicted octanol–water partition coefficient (Wildman–Crippen LogP) is 15.8. The van der Waals surface area contributed by atoms with Crippen LogP contribution < -0.4 is 15.3 Å². The maximum atomic E-state index is 2.58. The Morgan fingerprint density at radius 2 is 0.938 bits per heavy atom. The molecule has 10 aromatic rings. The Bertz CT molecular complexity index is 3580. The summed E-state index contributed by atoms with van der Waals surface area (Å²) in [6.45, 7) is 0. The van der Waals surface area contributed by atoms with Gasteiger partial charge in [-0.25, -0.2) is 0 Å². The molecule has 3 atom stereocenters. The third kappa shape index (κ3) is 6.24. The minimum absolute atomic E-state index is 0.646. The van der Waals surface area contributed by atoms with Crippen molar-refractivity contribution in [3.63, 3.8) is 0 Å². The van der Waals surface area contributed by atoms with Crippen molar-refractivity contribution in [2.24, 2.45) is 11.8 Å². The van der Waals surface area contributed by atoms with Crippen molar-refractivity contribution < 1.29 is 0 Å². The van der Waals surface area contributed by atoms with Crippen LogP contribution in [-0.2, 0) is 0 Å². The highest BCUT2D eigenvalue weighted by atomic mass is 32.3. The summed E-state index contributed by atoms with van der Waals surface area (Å²) < 4.78 is 0. The first-order valence-corrected chi connectivity index (χ1v) is 24.4. The van der Waals surface area contributed by atoms with Crippen molar-refractivity contribution in [2.75, 3.05) is 4.90 Å². The molecule has 13 rings (SSSR count). The summed E-state index contributed by atoms with van der Waals surface area (Å²) in [7, 11) is -2.11. The number of anilines is 3. The first kappa shape index (κ1) is 37.9. The third-order valence-electron chi connectivity index (χ3n) is 13.9. The molecular weight excluding hydrogens is 803 g/mol. The molecule has 1 heterocycles. The monoisotopic (exact) mass is 847 g/mol. The number of fused-ring (bicyclic) bond motifs is 6. The molecule has 1 saturated carbocycles. The molecule has 3 aliphatic rings. The second kappa shape index (κ2) is 15.3. The molecule has 1 nitrogen and oxygen atoms in total.